The van der Waals surface area contributed by atoms with Crippen LogP contribution in [0.25, 0.3) is 0 Å². The summed E-state index contributed by atoms with van der Waals surface area (Å²) in [6, 6.07) is 0. The summed E-state index contributed by atoms with van der Waals surface area (Å²) in [6.07, 6.45) is 4.28. The van der Waals surface area contributed by atoms with E-state index in [2.05, 4.69) is 12.2 Å². The second-order valence-corrected chi connectivity index (χ2v) is 3.56. The Morgan fingerprint density at radius 3 is 2.92 bits per heavy atom. The van der Waals surface area contributed by atoms with Crippen LogP contribution in [0.3, 0.4) is 0 Å². The van der Waals surface area contributed by atoms with Gasteiger partial charge < -0.3 is 5.32 Å². The smallest absolute Gasteiger partial charge is 0.230 e. The number of Topliss-reactive ketones (excluding diaryl/α,β-unsaturated/α-hetero) is 1. The summed E-state index contributed by atoms with van der Waals surface area (Å²) in [7, 11) is 0. The molecule has 0 aromatic rings. The van der Waals surface area contributed by atoms with E-state index in [9.17, 15) is 9.59 Å². The van der Waals surface area contributed by atoms with Crippen LogP contribution in [0.4, 0.5) is 0 Å². The average molecular weight is 183 g/mol. The van der Waals surface area contributed by atoms with Crippen LogP contribution in [0.5, 0.6) is 0 Å². The van der Waals surface area contributed by atoms with E-state index in [-0.39, 0.29) is 17.6 Å². The summed E-state index contributed by atoms with van der Waals surface area (Å²) < 4.78 is 0. The van der Waals surface area contributed by atoms with E-state index in [0.717, 1.165) is 25.7 Å². The van der Waals surface area contributed by atoms with Crippen LogP contribution in [-0.4, -0.2) is 18.2 Å². The summed E-state index contributed by atoms with van der Waals surface area (Å²) in [6.45, 7) is 2.78. The molecule has 0 heterocycles. The van der Waals surface area contributed by atoms with E-state index < -0.39 is 0 Å². The molecule has 1 N–H and O–H groups in total. The molecule has 1 rings (SSSR count). The molecule has 3 nitrogen and oxygen atoms in total. The van der Waals surface area contributed by atoms with E-state index in [1.165, 1.54) is 0 Å². The molecule has 0 aromatic carbocycles. The fourth-order valence-corrected chi connectivity index (χ4v) is 1.60. The molecule has 0 unspecified atom stereocenters. The molecule has 1 saturated carbocycles. The molecule has 1 aliphatic carbocycles. The van der Waals surface area contributed by atoms with Gasteiger partial charge in [0.15, 0.2) is 0 Å². The molecule has 0 spiro atoms. The lowest BCUT2D eigenvalue weighted by molar-refractivity contribution is -0.132. The van der Waals surface area contributed by atoms with Crippen molar-refractivity contribution in [2.24, 2.45) is 5.92 Å². The summed E-state index contributed by atoms with van der Waals surface area (Å²) >= 11 is 0. The van der Waals surface area contributed by atoms with E-state index in [1.54, 1.807) is 0 Å². The molecule has 1 amide bonds. The molecule has 0 bridgehead atoms. The number of carbonyl (C=O) groups is 2. The van der Waals surface area contributed by atoms with Crippen molar-refractivity contribution in [2.45, 2.75) is 39.0 Å². The molecule has 1 aliphatic rings. The van der Waals surface area contributed by atoms with Crippen LogP contribution in [0.15, 0.2) is 0 Å². The molecule has 0 radical (unpaired) electrons. The molecular formula is C10H17NO2. The Morgan fingerprint density at radius 2 is 2.38 bits per heavy atom. The molecule has 3 heteroatoms. The van der Waals surface area contributed by atoms with Crippen molar-refractivity contribution in [3.63, 3.8) is 0 Å². The second kappa shape index (κ2) is 5.00. The molecular weight excluding hydrogens is 166 g/mol. The van der Waals surface area contributed by atoms with Gasteiger partial charge in [0.25, 0.3) is 0 Å². The maximum atomic E-state index is 11.4. The van der Waals surface area contributed by atoms with Gasteiger partial charge in [-0.15, -0.1) is 0 Å². The number of carbonyl (C=O) groups excluding carboxylic acids is 2. The molecule has 1 atom stereocenters. The third-order valence-electron chi connectivity index (χ3n) is 2.45. The van der Waals surface area contributed by atoms with Gasteiger partial charge in [-0.2, -0.15) is 0 Å². The Kier molecular flexibility index (Phi) is 3.93. The van der Waals surface area contributed by atoms with Crippen LogP contribution in [0, 0.1) is 5.92 Å². The van der Waals surface area contributed by atoms with Gasteiger partial charge in [-0.1, -0.05) is 13.3 Å². The molecule has 0 saturated heterocycles. The number of hydrogen-bond donors (Lipinski definition) is 1. The summed E-state index contributed by atoms with van der Waals surface area (Å²) in [5, 5.41) is 2.80. The molecule has 13 heavy (non-hydrogen) atoms. The molecule has 0 aliphatic heterocycles. The number of hydrogen-bond acceptors (Lipinski definition) is 2. The van der Waals surface area contributed by atoms with Gasteiger partial charge in [0, 0.05) is 13.0 Å². The van der Waals surface area contributed by atoms with Crippen LogP contribution < -0.4 is 5.32 Å². The highest BCUT2D eigenvalue weighted by atomic mass is 16.2. The van der Waals surface area contributed by atoms with E-state index in [1.807, 2.05) is 0 Å². The van der Waals surface area contributed by atoms with Crippen molar-refractivity contribution < 1.29 is 9.59 Å². The number of rotatable bonds is 4. The van der Waals surface area contributed by atoms with Gasteiger partial charge in [-0.05, 0) is 19.3 Å². The van der Waals surface area contributed by atoms with Gasteiger partial charge in [0.05, 0.1) is 5.92 Å². The normalized spacial score (nSPS) is 21.9. The molecule has 0 aromatic heterocycles. The first-order valence-electron chi connectivity index (χ1n) is 5.06. The average Bonchev–Trinajstić information content (AvgIpc) is 2.52. The highest BCUT2D eigenvalue weighted by Gasteiger charge is 2.30. The fraction of sp³-hybridized carbons (Fsp3) is 0.800. The summed E-state index contributed by atoms with van der Waals surface area (Å²) in [4.78, 5) is 22.6. The van der Waals surface area contributed by atoms with Gasteiger partial charge in [0.1, 0.15) is 5.78 Å². The minimum atomic E-state index is -0.336. The zero-order valence-electron chi connectivity index (χ0n) is 8.14. The monoisotopic (exact) mass is 183 g/mol. The Morgan fingerprint density at radius 1 is 1.62 bits per heavy atom. The van der Waals surface area contributed by atoms with Gasteiger partial charge >= 0.3 is 0 Å². The van der Waals surface area contributed by atoms with Gasteiger partial charge in [-0.25, -0.2) is 0 Å². The maximum absolute atomic E-state index is 11.4. The Balaban J connectivity index is 2.26. The number of amides is 1. The van der Waals surface area contributed by atoms with E-state index in [0.29, 0.717) is 13.0 Å². The second-order valence-electron chi connectivity index (χ2n) is 3.56. The lowest BCUT2D eigenvalue weighted by Crippen LogP contribution is -2.33. The Bertz CT molecular complexity index is 201. The quantitative estimate of drug-likeness (QED) is 0.527. The van der Waals surface area contributed by atoms with Crippen molar-refractivity contribution in [1.29, 1.82) is 0 Å². The zero-order valence-corrected chi connectivity index (χ0v) is 8.14. The first kappa shape index (κ1) is 10.2. The Hall–Kier alpha value is -0.860. The highest BCUT2D eigenvalue weighted by molar-refractivity contribution is 6.02. The van der Waals surface area contributed by atoms with Crippen LogP contribution in [0.2, 0.25) is 0 Å². The van der Waals surface area contributed by atoms with Crippen molar-refractivity contribution in [3.05, 3.63) is 0 Å². The number of unbranched alkanes of at least 4 members (excludes halogenated alkanes) is 1. The predicted molar refractivity (Wildman–Crippen MR) is 50.3 cm³/mol. The molecule has 1 fully saturated rings. The summed E-state index contributed by atoms with van der Waals surface area (Å²) in [5.74, 6) is -0.276. The minimum absolute atomic E-state index is 0.0593. The van der Waals surface area contributed by atoms with Gasteiger partial charge in [-0.3, -0.25) is 9.59 Å². The molecule has 74 valence electrons. The lowest BCUT2D eigenvalue weighted by Gasteiger charge is -2.08. The fourth-order valence-electron chi connectivity index (χ4n) is 1.60. The highest BCUT2D eigenvalue weighted by Crippen LogP contribution is 2.21. The van der Waals surface area contributed by atoms with Crippen molar-refractivity contribution in [2.75, 3.05) is 6.54 Å². The van der Waals surface area contributed by atoms with Crippen LogP contribution >= 0.6 is 0 Å². The third-order valence-corrected chi connectivity index (χ3v) is 2.45. The van der Waals surface area contributed by atoms with Gasteiger partial charge in [0.2, 0.25) is 5.91 Å². The third kappa shape index (κ3) is 2.83. The standard InChI is InChI=1S/C10H17NO2/c1-2-3-7-11-10(13)8-5-4-6-9(8)12/h8H,2-7H2,1H3,(H,11,13)/t8-/m0/s1. The maximum Gasteiger partial charge on any atom is 0.230 e. The van der Waals surface area contributed by atoms with E-state index in [4.69, 9.17) is 0 Å². The topological polar surface area (TPSA) is 46.2 Å². The van der Waals surface area contributed by atoms with Crippen molar-refractivity contribution in [3.8, 4) is 0 Å². The first-order chi connectivity index (χ1) is 6.25. The summed E-state index contributed by atoms with van der Waals surface area (Å²) in [5.41, 5.74) is 0. The van der Waals surface area contributed by atoms with Crippen LogP contribution in [-0.2, 0) is 9.59 Å². The lowest BCUT2D eigenvalue weighted by atomic mass is 10.1. The minimum Gasteiger partial charge on any atom is -0.355 e. The largest absolute Gasteiger partial charge is 0.355 e. The van der Waals surface area contributed by atoms with Crippen molar-refractivity contribution >= 4 is 11.7 Å². The van der Waals surface area contributed by atoms with E-state index >= 15 is 0 Å². The zero-order chi connectivity index (χ0) is 9.68. The predicted octanol–water partition coefficient (Wildman–Crippen LogP) is 1.27. The number of nitrogens with one attached hydrogen (secondary N) is 1. The Labute approximate surface area is 78.9 Å². The van der Waals surface area contributed by atoms with Crippen molar-refractivity contribution in [1.82, 2.24) is 5.32 Å². The number of ketones is 1. The SMILES string of the molecule is CCCCNC(=O)[C@H]1CCCC1=O. The van der Waals surface area contributed by atoms with Crippen LogP contribution in [0.1, 0.15) is 39.0 Å². The first-order valence-corrected chi connectivity index (χ1v) is 5.06.